The summed E-state index contributed by atoms with van der Waals surface area (Å²) in [5.41, 5.74) is 2.09. The van der Waals surface area contributed by atoms with Crippen LogP contribution in [0.2, 0.25) is 0 Å². The highest BCUT2D eigenvalue weighted by molar-refractivity contribution is 5.98. The number of nitrogens with zero attached hydrogens (tertiary/aromatic N) is 1. The van der Waals surface area contributed by atoms with Crippen LogP contribution in [0.5, 0.6) is 0 Å². The predicted molar refractivity (Wildman–Crippen MR) is 65.9 cm³/mol. The molecule has 1 N–H and O–H groups in total. The smallest absolute Gasteiger partial charge is 0.227 e. The van der Waals surface area contributed by atoms with Crippen LogP contribution in [0.1, 0.15) is 30.9 Å². The fraction of sp³-hybridized carbons (Fsp3) is 0.429. The summed E-state index contributed by atoms with van der Waals surface area (Å²) in [6.45, 7) is 0. The van der Waals surface area contributed by atoms with E-state index in [2.05, 4.69) is 5.32 Å². The fourth-order valence-electron chi connectivity index (χ4n) is 3.73. The van der Waals surface area contributed by atoms with E-state index in [4.69, 9.17) is 0 Å². The van der Waals surface area contributed by atoms with Gasteiger partial charge in [-0.15, -0.1) is 0 Å². The summed E-state index contributed by atoms with van der Waals surface area (Å²) in [6, 6.07) is 8.25. The molecule has 0 unspecified atom stereocenters. The second-order valence-corrected chi connectivity index (χ2v) is 5.34. The number of para-hydroxylation sites is 1. The van der Waals surface area contributed by atoms with E-state index < -0.39 is 0 Å². The Kier molecular flexibility index (Phi) is 1.88. The first-order chi connectivity index (χ1) is 8.75. The van der Waals surface area contributed by atoms with Crippen molar-refractivity contribution in [1.29, 1.82) is 0 Å². The molecule has 3 aliphatic rings. The molecular weight excluding hydrogens is 228 g/mol. The lowest BCUT2D eigenvalue weighted by Gasteiger charge is -2.39. The molecule has 92 valence electrons. The second kappa shape index (κ2) is 3.34. The number of anilines is 1. The van der Waals surface area contributed by atoms with Crippen molar-refractivity contribution in [2.75, 3.05) is 4.90 Å². The van der Waals surface area contributed by atoms with Crippen molar-refractivity contribution in [1.82, 2.24) is 5.32 Å². The van der Waals surface area contributed by atoms with Gasteiger partial charge in [-0.25, -0.2) is 0 Å². The highest BCUT2D eigenvalue weighted by Gasteiger charge is 2.50. The van der Waals surface area contributed by atoms with E-state index in [1.54, 1.807) is 0 Å². The van der Waals surface area contributed by atoms with Gasteiger partial charge in [-0.1, -0.05) is 18.2 Å². The monoisotopic (exact) mass is 242 g/mol. The van der Waals surface area contributed by atoms with Crippen LogP contribution in [-0.4, -0.2) is 17.9 Å². The summed E-state index contributed by atoms with van der Waals surface area (Å²) in [4.78, 5) is 25.7. The minimum absolute atomic E-state index is 0.0980. The molecule has 0 radical (unpaired) electrons. The number of rotatable bonds is 0. The third-order valence-corrected chi connectivity index (χ3v) is 4.45. The number of carbonyl (C=O) groups is 2. The number of hydrogen-bond donors (Lipinski definition) is 1. The molecule has 3 atom stereocenters. The molecule has 0 aromatic heterocycles. The third-order valence-electron chi connectivity index (χ3n) is 4.45. The Labute approximate surface area is 105 Å². The number of hydrogen-bond acceptors (Lipinski definition) is 2. The predicted octanol–water partition coefficient (Wildman–Crippen LogP) is 1.37. The number of amides is 2. The Balaban J connectivity index is 1.91. The van der Waals surface area contributed by atoms with Crippen molar-refractivity contribution in [3.05, 3.63) is 29.8 Å². The molecule has 0 bridgehead atoms. The molecule has 2 saturated heterocycles. The fourth-order valence-corrected chi connectivity index (χ4v) is 3.73. The van der Waals surface area contributed by atoms with Gasteiger partial charge in [0, 0.05) is 30.5 Å². The quantitative estimate of drug-likeness (QED) is 0.747. The van der Waals surface area contributed by atoms with Gasteiger partial charge in [0.05, 0.1) is 6.04 Å². The molecule has 2 fully saturated rings. The van der Waals surface area contributed by atoms with E-state index in [1.807, 2.05) is 29.2 Å². The van der Waals surface area contributed by atoms with Crippen LogP contribution in [0.15, 0.2) is 24.3 Å². The first-order valence-corrected chi connectivity index (χ1v) is 6.46. The Hall–Kier alpha value is -1.84. The minimum Gasteiger partial charge on any atom is -0.349 e. The third kappa shape index (κ3) is 1.15. The van der Waals surface area contributed by atoms with Crippen molar-refractivity contribution in [3.8, 4) is 0 Å². The van der Waals surface area contributed by atoms with Crippen LogP contribution in [0.4, 0.5) is 5.69 Å². The molecule has 3 aliphatic heterocycles. The van der Waals surface area contributed by atoms with Crippen molar-refractivity contribution in [3.63, 3.8) is 0 Å². The molecule has 2 amide bonds. The van der Waals surface area contributed by atoms with Gasteiger partial charge in [-0.2, -0.15) is 0 Å². The zero-order chi connectivity index (χ0) is 12.3. The average Bonchev–Trinajstić information content (AvgIpc) is 2.93. The number of benzene rings is 1. The summed E-state index contributed by atoms with van der Waals surface area (Å²) >= 11 is 0. The van der Waals surface area contributed by atoms with Crippen LogP contribution in [0.3, 0.4) is 0 Å². The van der Waals surface area contributed by atoms with Crippen LogP contribution in [0, 0.1) is 5.92 Å². The van der Waals surface area contributed by atoms with Gasteiger partial charge >= 0.3 is 0 Å². The van der Waals surface area contributed by atoms with E-state index in [0.717, 1.165) is 17.7 Å². The lowest BCUT2D eigenvalue weighted by Crippen LogP contribution is -2.45. The van der Waals surface area contributed by atoms with Crippen molar-refractivity contribution < 1.29 is 9.59 Å². The average molecular weight is 242 g/mol. The SMILES string of the molecule is O=C1C[C@H]2[C@H](N1)c1ccccc1N1C(=O)CC[C@@H]21. The van der Waals surface area contributed by atoms with Crippen LogP contribution >= 0.6 is 0 Å². The molecule has 4 rings (SSSR count). The minimum atomic E-state index is 0.0980. The molecule has 1 aromatic rings. The van der Waals surface area contributed by atoms with E-state index in [0.29, 0.717) is 12.8 Å². The summed E-state index contributed by atoms with van der Waals surface area (Å²) in [5.74, 6) is 0.560. The van der Waals surface area contributed by atoms with Gasteiger partial charge in [-0.3, -0.25) is 9.59 Å². The number of nitrogens with one attached hydrogen (secondary N) is 1. The summed E-state index contributed by atoms with van der Waals surface area (Å²) in [7, 11) is 0. The molecule has 18 heavy (non-hydrogen) atoms. The van der Waals surface area contributed by atoms with E-state index in [1.165, 1.54) is 0 Å². The Morgan fingerprint density at radius 1 is 1.22 bits per heavy atom. The summed E-state index contributed by atoms with van der Waals surface area (Å²) in [6.07, 6.45) is 2.03. The first kappa shape index (κ1) is 10.1. The molecule has 0 spiro atoms. The van der Waals surface area contributed by atoms with Crippen LogP contribution in [-0.2, 0) is 9.59 Å². The number of carbonyl (C=O) groups excluding carboxylic acids is 2. The van der Waals surface area contributed by atoms with E-state index in [9.17, 15) is 9.59 Å². The van der Waals surface area contributed by atoms with Gasteiger partial charge in [0.2, 0.25) is 11.8 Å². The van der Waals surface area contributed by atoms with Crippen molar-refractivity contribution >= 4 is 17.5 Å². The highest BCUT2D eigenvalue weighted by Crippen LogP contribution is 2.48. The van der Waals surface area contributed by atoms with E-state index in [-0.39, 0.29) is 29.8 Å². The second-order valence-electron chi connectivity index (χ2n) is 5.34. The Morgan fingerprint density at radius 2 is 2.06 bits per heavy atom. The molecule has 1 aromatic carbocycles. The lowest BCUT2D eigenvalue weighted by atomic mass is 9.82. The molecular formula is C14H14N2O2. The van der Waals surface area contributed by atoms with Gasteiger partial charge in [-0.05, 0) is 18.1 Å². The van der Waals surface area contributed by atoms with E-state index >= 15 is 0 Å². The van der Waals surface area contributed by atoms with Crippen molar-refractivity contribution in [2.24, 2.45) is 5.92 Å². The topological polar surface area (TPSA) is 49.4 Å². The van der Waals surface area contributed by atoms with Crippen LogP contribution in [0.25, 0.3) is 0 Å². The molecule has 0 aliphatic carbocycles. The lowest BCUT2D eigenvalue weighted by molar-refractivity contribution is -0.120. The molecule has 0 saturated carbocycles. The largest absolute Gasteiger partial charge is 0.349 e. The molecule has 3 heterocycles. The van der Waals surface area contributed by atoms with Crippen LogP contribution < -0.4 is 10.2 Å². The van der Waals surface area contributed by atoms with Gasteiger partial charge < -0.3 is 10.2 Å². The summed E-state index contributed by atoms with van der Waals surface area (Å²) < 4.78 is 0. The first-order valence-electron chi connectivity index (χ1n) is 6.46. The Bertz CT molecular complexity index is 554. The maximum absolute atomic E-state index is 12.1. The zero-order valence-corrected chi connectivity index (χ0v) is 9.93. The molecule has 4 nitrogen and oxygen atoms in total. The van der Waals surface area contributed by atoms with Crippen molar-refractivity contribution in [2.45, 2.75) is 31.3 Å². The zero-order valence-electron chi connectivity index (χ0n) is 9.93. The highest BCUT2D eigenvalue weighted by atomic mass is 16.2. The summed E-state index contributed by atoms with van der Waals surface area (Å²) in [5, 5.41) is 3.06. The Morgan fingerprint density at radius 3 is 2.94 bits per heavy atom. The van der Waals surface area contributed by atoms with Gasteiger partial charge in [0.15, 0.2) is 0 Å². The maximum atomic E-state index is 12.1. The normalized spacial score (nSPS) is 32.9. The number of fused-ring (bicyclic) bond motifs is 6. The molecule has 4 heteroatoms. The van der Waals surface area contributed by atoms with Gasteiger partial charge in [0.25, 0.3) is 0 Å². The van der Waals surface area contributed by atoms with Gasteiger partial charge in [0.1, 0.15) is 0 Å². The standard InChI is InChI=1S/C14H14N2O2/c17-12-7-9-11-5-6-13(18)16(11)10-4-2-1-3-8(10)14(9)15-12/h1-4,9,11,14H,5-7H2,(H,15,17)/t9-,11+,14-/m1/s1. The maximum Gasteiger partial charge on any atom is 0.227 e.